The number of aromatic amines is 1. The third-order valence-corrected chi connectivity index (χ3v) is 5.00. The van der Waals surface area contributed by atoms with Gasteiger partial charge in [0.1, 0.15) is 0 Å². The Morgan fingerprint density at radius 3 is 2.82 bits per heavy atom. The number of nitrogens with one attached hydrogen (secondary N) is 2. The van der Waals surface area contributed by atoms with Gasteiger partial charge in [-0.05, 0) is 30.9 Å². The summed E-state index contributed by atoms with van der Waals surface area (Å²) in [6.07, 6.45) is 4.92. The number of hydrogen-bond donors (Lipinski definition) is 2. The number of fused-ring (bicyclic) bond motifs is 1. The zero-order valence-corrected chi connectivity index (χ0v) is 13.9. The van der Waals surface area contributed by atoms with Crippen LogP contribution in [0, 0.1) is 5.92 Å². The molecule has 6 nitrogen and oxygen atoms in total. The van der Waals surface area contributed by atoms with Gasteiger partial charge in [-0.2, -0.15) is 5.10 Å². The first-order valence-corrected chi connectivity index (χ1v) is 9.51. The lowest BCUT2D eigenvalue weighted by Gasteiger charge is -2.34. The quantitative estimate of drug-likeness (QED) is 0.890. The molecule has 2 heterocycles. The monoisotopic (exact) mass is 342 g/mol. The number of rotatable bonds is 4. The van der Waals surface area contributed by atoms with Gasteiger partial charge in [0.2, 0.25) is 10.0 Å². The van der Waals surface area contributed by atoms with Crippen molar-refractivity contribution in [2.24, 2.45) is 5.92 Å². The second-order valence-corrected chi connectivity index (χ2v) is 8.08. The van der Waals surface area contributed by atoms with E-state index in [-0.39, 0.29) is 0 Å². The van der Waals surface area contributed by atoms with Crippen LogP contribution in [0.2, 0.25) is 5.02 Å². The van der Waals surface area contributed by atoms with Crippen LogP contribution in [0.25, 0.3) is 10.9 Å². The predicted molar refractivity (Wildman–Crippen MR) is 88.9 cm³/mol. The topological polar surface area (TPSA) is 78.1 Å². The Morgan fingerprint density at radius 1 is 1.41 bits per heavy atom. The van der Waals surface area contributed by atoms with E-state index in [4.69, 9.17) is 11.6 Å². The van der Waals surface area contributed by atoms with Gasteiger partial charge in [0.25, 0.3) is 0 Å². The second kappa shape index (κ2) is 6.06. The van der Waals surface area contributed by atoms with Crippen molar-refractivity contribution in [3.63, 3.8) is 0 Å². The molecule has 0 unspecified atom stereocenters. The highest BCUT2D eigenvalue weighted by Crippen LogP contribution is 2.32. The van der Waals surface area contributed by atoms with E-state index in [1.54, 1.807) is 0 Å². The van der Waals surface area contributed by atoms with E-state index < -0.39 is 10.0 Å². The molecule has 0 spiro atoms. The van der Waals surface area contributed by atoms with Gasteiger partial charge in [-0.1, -0.05) is 11.6 Å². The van der Waals surface area contributed by atoms with Gasteiger partial charge in [0, 0.05) is 35.7 Å². The molecule has 2 N–H and O–H groups in total. The number of H-pyrrole nitrogens is 1. The van der Waals surface area contributed by atoms with Crippen LogP contribution in [0.5, 0.6) is 0 Å². The molecular formula is C14H19ClN4O2S. The summed E-state index contributed by atoms with van der Waals surface area (Å²) in [7, 11) is -3.11. The fourth-order valence-electron chi connectivity index (χ4n) is 2.91. The molecule has 0 bridgehead atoms. The molecule has 0 saturated carbocycles. The first-order chi connectivity index (χ1) is 10.4. The first kappa shape index (κ1) is 15.6. The van der Waals surface area contributed by atoms with Crippen molar-refractivity contribution in [1.82, 2.24) is 14.9 Å². The van der Waals surface area contributed by atoms with E-state index in [0.717, 1.165) is 42.5 Å². The minimum absolute atomic E-state index is 0.380. The lowest BCUT2D eigenvalue weighted by molar-refractivity contribution is 0.403. The average molecular weight is 343 g/mol. The molecule has 0 atom stereocenters. The third kappa shape index (κ3) is 3.53. The fraction of sp³-hybridized carbons (Fsp3) is 0.500. The number of sulfonamides is 1. The molecule has 1 aromatic carbocycles. The molecule has 1 aliphatic heterocycles. The van der Waals surface area contributed by atoms with E-state index >= 15 is 0 Å². The molecule has 120 valence electrons. The number of halogens is 1. The van der Waals surface area contributed by atoms with Gasteiger partial charge in [0.15, 0.2) is 0 Å². The largest absolute Gasteiger partial charge is 0.371 e. The molecule has 1 aliphatic rings. The summed E-state index contributed by atoms with van der Waals surface area (Å²) in [6.45, 7) is 2.29. The SMILES string of the molecule is CS(=O)(=O)NCC1CCN(c2cc(Cl)cc3[nH]ncc23)CC1. The average Bonchev–Trinajstić information content (AvgIpc) is 2.92. The van der Waals surface area contributed by atoms with E-state index in [1.165, 1.54) is 6.26 Å². The second-order valence-electron chi connectivity index (χ2n) is 5.81. The lowest BCUT2D eigenvalue weighted by atomic mass is 9.96. The maximum absolute atomic E-state index is 11.2. The van der Waals surface area contributed by atoms with Gasteiger partial charge in [-0.3, -0.25) is 5.10 Å². The molecule has 0 aliphatic carbocycles. The molecule has 1 fully saturated rings. The van der Waals surface area contributed by atoms with E-state index in [2.05, 4.69) is 19.8 Å². The number of anilines is 1. The normalized spacial score (nSPS) is 17.3. The van der Waals surface area contributed by atoms with E-state index in [0.29, 0.717) is 17.5 Å². The van der Waals surface area contributed by atoms with Gasteiger partial charge in [-0.25, -0.2) is 13.1 Å². The maximum Gasteiger partial charge on any atom is 0.208 e. The number of aromatic nitrogens is 2. The molecular weight excluding hydrogens is 324 g/mol. The summed E-state index contributed by atoms with van der Waals surface area (Å²) in [5, 5.41) is 8.78. The van der Waals surface area contributed by atoms with Crippen molar-refractivity contribution >= 4 is 38.2 Å². The lowest BCUT2D eigenvalue weighted by Crippen LogP contribution is -2.38. The van der Waals surface area contributed by atoms with Crippen molar-refractivity contribution in [2.45, 2.75) is 12.8 Å². The molecule has 1 aromatic heterocycles. The van der Waals surface area contributed by atoms with Crippen LogP contribution in [0.4, 0.5) is 5.69 Å². The molecule has 0 amide bonds. The highest BCUT2D eigenvalue weighted by molar-refractivity contribution is 7.88. The van der Waals surface area contributed by atoms with E-state index in [9.17, 15) is 8.42 Å². The van der Waals surface area contributed by atoms with Gasteiger partial charge in [-0.15, -0.1) is 0 Å². The van der Waals surface area contributed by atoms with Crippen molar-refractivity contribution in [3.8, 4) is 0 Å². The number of hydrogen-bond acceptors (Lipinski definition) is 4. The Bertz CT molecular complexity index is 766. The van der Waals surface area contributed by atoms with Crippen LogP contribution >= 0.6 is 11.6 Å². The van der Waals surface area contributed by atoms with Crippen LogP contribution in [0.15, 0.2) is 18.3 Å². The highest BCUT2D eigenvalue weighted by atomic mass is 35.5. The summed E-state index contributed by atoms with van der Waals surface area (Å²) in [4.78, 5) is 2.29. The molecule has 2 aromatic rings. The van der Waals surface area contributed by atoms with Gasteiger partial charge in [0.05, 0.1) is 18.0 Å². The van der Waals surface area contributed by atoms with Crippen molar-refractivity contribution in [3.05, 3.63) is 23.4 Å². The summed E-state index contributed by atoms with van der Waals surface area (Å²) in [5.74, 6) is 0.380. The standard InChI is InChI=1S/C14H19ClN4O2S/c1-22(20,21)17-8-10-2-4-19(5-3-10)14-7-11(15)6-13-12(14)9-16-18-13/h6-7,9-10,17H,2-5,8H2,1H3,(H,16,18). The third-order valence-electron chi connectivity index (χ3n) is 4.09. The van der Waals surface area contributed by atoms with Crippen molar-refractivity contribution < 1.29 is 8.42 Å². The summed E-state index contributed by atoms with van der Waals surface area (Å²) in [6, 6.07) is 3.84. The Labute approximate surface area is 134 Å². The highest BCUT2D eigenvalue weighted by Gasteiger charge is 2.22. The molecule has 3 rings (SSSR count). The predicted octanol–water partition coefficient (Wildman–Crippen LogP) is 1.98. The Morgan fingerprint density at radius 2 is 2.14 bits per heavy atom. The molecule has 0 radical (unpaired) electrons. The molecule has 8 heteroatoms. The Balaban J connectivity index is 1.69. The number of nitrogens with zero attached hydrogens (tertiary/aromatic N) is 2. The van der Waals surface area contributed by atoms with Crippen LogP contribution in [0.3, 0.4) is 0 Å². The minimum Gasteiger partial charge on any atom is -0.371 e. The molecule has 22 heavy (non-hydrogen) atoms. The smallest absolute Gasteiger partial charge is 0.208 e. The number of benzene rings is 1. The Kier molecular flexibility index (Phi) is 4.29. The van der Waals surface area contributed by atoms with E-state index in [1.807, 2.05) is 18.3 Å². The summed E-state index contributed by atoms with van der Waals surface area (Å²) >= 11 is 6.18. The van der Waals surface area contributed by atoms with Crippen LogP contribution < -0.4 is 9.62 Å². The van der Waals surface area contributed by atoms with Gasteiger partial charge < -0.3 is 4.90 Å². The molecule has 1 saturated heterocycles. The van der Waals surface area contributed by atoms with Crippen LogP contribution in [-0.4, -0.2) is 44.5 Å². The van der Waals surface area contributed by atoms with Gasteiger partial charge >= 0.3 is 0 Å². The zero-order chi connectivity index (χ0) is 15.7. The first-order valence-electron chi connectivity index (χ1n) is 7.24. The number of piperidine rings is 1. The van der Waals surface area contributed by atoms with Crippen molar-refractivity contribution in [2.75, 3.05) is 30.8 Å². The minimum atomic E-state index is -3.11. The Hall–Kier alpha value is -1.31. The summed E-state index contributed by atoms with van der Waals surface area (Å²) < 4.78 is 24.9. The summed E-state index contributed by atoms with van der Waals surface area (Å²) in [5.41, 5.74) is 2.02. The van der Waals surface area contributed by atoms with Crippen LogP contribution in [0.1, 0.15) is 12.8 Å². The van der Waals surface area contributed by atoms with Crippen LogP contribution in [-0.2, 0) is 10.0 Å². The maximum atomic E-state index is 11.2. The zero-order valence-electron chi connectivity index (χ0n) is 12.3. The fourth-order valence-corrected chi connectivity index (χ4v) is 3.66. The van der Waals surface area contributed by atoms with Crippen molar-refractivity contribution in [1.29, 1.82) is 0 Å².